The average Bonchev–Trinajstić information content (AvgIpc) is 1.96. The van der Waals surface area contributed by atoms with Gasteiger partial charge in [0.05, 0.1) is 26.4 Å². The molecule has 0 spiro atoms. The number of rotatable bonds is 7. The zero-order valence-corrected chi connectivity index (χ0v) is 6.52. The largest absolute Gasteiger partial charge is 0.633 e. The van der Waals surface area contributed by atoms with Gasteiger partial charge in [-0.25, -0.2) is 0 Å². The molecule has 0 heterocycles. The summed E-state index contributed by atoms with van der Waals surface area (Å²) in [5.74, 6) is 0. The maximum atomic E-state index is 8.21. The lowest BCUT2D eigenvalue weighted by Gasteiger charge is -2.03. The van der Waals surface area contributed by atoms with Gasteiger partial charge in [-0.3, -0.25) is 0 Å². The van der Waals surface area contributed by atoms with Crippen LogP contribution in [0.25, 0.3) is 0 Å². The predicted molar refractivity (Wildman–Crippen MR) is 38.8 cm³/mol. The van der Waals surface area contributed by atoms with Crippen molar-refractivity contribution in [3.05, 3.63) is 0 Å². The molecule has 0 aromatic heterocycles. The number of methoxy groups -OCH3 is 1. The first-order valence-electron chi connectivity index (χ1n) is 3.32. The maximum Gasteiger partial charge on any atom is 0.633 e. The molecular formula is C5H13BO5. The van der Waals surface area contributed by atoms with Gasteiger partial charge in [0.25, 0.3) is 0 Å². The Morgan fingerprint density at radius 1 is 1.09 bits per heavy atom. The molecule has 0 aliphatic rings. The van der Waals surface area contributed by atoms with Crippen molar-refractivity contribution < 1.29 is 24.2 Å². The Morgan fingerprint density at radius 3 is 2.27 bits per heavy atom. The van der Waals surface area contributed by atoms with Gasteiger partial charge in [0.1, 0.15) is 0 Å². The van der Waals surface area contributed by atoms with E-state index in [-0.39, 0.29) is 6.61 Å². The second kappa shape index (κ2) is 7.97. The Balaban J connectivity index is 2.80. The van der Waals surface area contributed by atoms with E-state index in [0.29, 0.717) is 19.8 Å². The van der Waals surface area contributed by atoms with E-state index in [2.05, 4.69) is 4.65 Å². The fourth-order valence-electron chi connectivity index (χ4n) is 0.457. The summed E-state index contributed by atoms with van der Waals surface area (Å²) in [6, 6.07) is 0. The summed E-state index contributed by atoms with van der Waals surface area (Å²) in [5, 5.41) is 16.4. The second-order valence-electron chi connectivity index (χ2n) is 1.80. The van der Waals surface area contributed by atoms with E-state index >= 15 is 0 Å². The lowest BCUT2D eigenvalue weighted by Crippen LogP contribution is -2.20. The SMILES string of the molecule is COCCOCCOB(O)O. The molecule has 66 valence electrons. The van der Waals surface area contributed by atoms with Crippen molar-refractivity contribution in [3.8, 4) is 0 Å². The monoisotopic (exact) mass is 164 g/mol. The summed E-state index contributed by atoms with van der Waals surface area (Å²) < 4.78 is 14.0. The summed E-state index contributed by atoms with van der Waals surface area (Å²) in [6.45, 7) is 1.52. The Hall–Kier alpha value is -0.135. The van der Waals surface area contributed by atoms with Crippen molar-refractivity contribution in [2.24, 2.45) is 0 Å². The molecule has 0 radical (unpaired) electrons. The Bertz CT molecular complexity index is 79.3. The second-order valence-corrected chi connectivity index (χ2v) is 1.80. The Kier molecular flexibility index (Phi) is 7.87. The zero-order valence-electron chi connectivity index (χ0n) is 6.52. The molecule has 0 amide bonds. The lowest BCUT2D eigenvalue weighted by molar-refractivity contribution is 0.0448. The van der Waals surface area contributed by atoms with Crippen molar-refractivity contribution in [2.75, 3.05) is 33.5 Å². The summed E-state index contributed by atoms with van der Waals surface area (Å²) in [4.78, 5) is 0. The number of hydrogen-bond acceptors (Lipinski definition) is 5. The minimum atomic E-state index is -1.71. The van der Waals surface area contributed by atoms with Crippen molar-refractivity contribution in [1.29, 1.82) is 0 Å². The fourth-order valence-corrected chi connectivity index (χ4v) is 0.457. The van der Waals surface area contributed by atoms with Gasteiger partial charge < -0.3 is 24.2 Å². The topological polar surface area (TPSA) is 68.2 Å². The highest BCUT2D eigenvalue weighted by Gasteiger charge is 2.06. The number of hydrogen-bond donors (Lipinski definition) is 2. The molecule has 0 aromatic carbocycles. The van der Waals surface area contributed by atoms with Crippen LogP contribution in [0.2, 0.25) is 0 Å². The van der Waals surface area contributed by atoms with Gasteiger partial charge in [0.15, 0.2) is 0 Å². The molecule has 5 nitrogen and oxygen atoms in total. The first-order chi connectivity index (χ1) is 5.27. The van der Waals surface area contributed by atoms with Crippen LogP contribution >= 0.6 is 0 Å². The van der Waals surface area contributed by atoms with Crippen molar-refractivity contribution >= 4 is 7.32 Å². The van der Waals surface area contributed by atoms with E-state index in [0.717, 1.165) is 0 Å². The van der Waals surface area contributed by atoms with Gasteiger partial charge >= 0.3 is 7.32 Å². The van der Waals surface area contributed by atoms with Crippen LogP contribution in [0.5, 0.6) is 0 Å². The molecule has 0 atom stereocenters. The highest BCUT2D eigenvalue weighted by molar-refractivity contribution is 6.32. The minimum Gasteiger partial charge on any atom is -0.402 e. The van der Waals surface area contributed by atoms with E-state index in [1.165, 1.54) is 0 Å². The predicted octanol–water partition coefficient (Wildman–Crippen LogP) is -1.36. The molecule has 11 heavy (non-hydrogen) atoms. The summed E-state index contributed by atoms with van der Waals surface area (Å²) in [6.07, 6.45) is 0. The van der Waals surface area contributed by atoms with E-state index in [9.17, 15) is 0 Å². The third-order valence-corrected chi connectivity index (χ3v) is 0.926. The van der Waals surface area contributed by atoms with Crippen molar-refractivity contribution in [3.63, 3.8) is 0 Å². The smallest absolute Gasteiger partial charge is 0.402 e. The summed E-state index contributed by atoms with van der Waals surface area (Å²) in [5.41, 5.74) is 0. The maximum absolute atomic E-state index is 8.21. The quantitative estimate of drug-likeness (QED) is 0.359. The van der Waals surface area contributed by atoms with Crippen LogP contribution in [0.15, 0.2) is 0 Å². The zero-order chi connectivity index (χ0) is 8.53. The van der Waals surface area contributed by atoms with Gasteiger partial charge in [0.2, 0.25) is 0 Å². The molecule has 0 saturated carbocycles. The highest BCUT2D eigenvalue weighted by atomic mass is 16.6. The first kappa shape index (κ1) is 10.9. The molecule has 0 rings (SSSR count). The van der Waals surface area contributed by atoms with Crippen LogP contribution < -0.4 is 0 Å². The average molecular weight is 164 g/mol. The number of ether oxygens (including phenoxy) is 2. The lowest BCUT2D eigenvalue weighted by atomic mass is 10.3. The molecule has 0 unspecified atom stereocenters. The molecule has 6 heteroatoms. The first-order valence-corrected chi connectivity index (χ1v) is 3.32. The molecule has 0 fully saturated rings. The van der Waals surface area contributed by atoms with Crippen molar-refractivity contribution in [2.45, 2.75) is 0 Å². The third-order valence-electron chi connectivity index (χ3n) is 0.926. The van der Waals surface area contributed by atoms with Crippen molar-refractivity contribution in [1.82, 2.24) is 0 Å². The Labute approximate surface area is 66.1 Å². The summed E-state index contributed by atoms with van der Waals surface area (Å²) in [7, 11) is -0.127. The standard InChI is InChI=1S/C5H13BO5/c1-9-2-3-10-4-5-11-6(7)8/h7-8H,2-5H2,1H3. The normalized spacial score (nSPS) is 10.1. The van der Waals surface area contributed by atoms with Crippen LogP contribution in [0.1, 0.15) is 0 Å². The van der Waals surface area contributed by atoms with Crippen LogP contribution in [0.3, 0.4) is 0 Å². The van der Waals surface area contributed by atoms with E-state index in [4.69, 9.17) is 19.5 Å². The van der Waals surface area contributed by atoms with E-state index < -0.39 is 7.32 Å². The molecule has 0 aliphatic heterocycles. The minimum absolute atomic E-state index is 0.168. The van der Waals surface area contributed by atoms with Gasteiger partial charge in [-0.2, -0.15) is 0 Å². The molecule has 2 N–H and O–H groups in total. The van der Waals surface area contributed by atoms with Gasteiger partial charge in [-0.1, -0.05) is 0 Å². The highest BCUT2D eigenvalue weighted by Crippen LogP contribution is 1.79. The summed E-state index contributed by atoms with van der Waals surface area (Å²) >= 11 is 0. The third kappa shape index (κ3) is 9.86. The fraction of sp³-hybridized carbons (Fsp3) is 1.00. The molecule has 0 aliphatic carbocycles. The van der Waals surface area contributed by atoms with Gasteiger partial charge in [-0.05, 0) is 0 Å². The van der Waals surface area contributed by atoms with Gasteiger partial charge in [-0.15, -0.1) is 0 Å². The van der Waals surface area contributed by atoms with E-state index in [1.54, 1.807) is 7.11 Å². The Morgan fingerprint density at radius 2 is 1.73 bits per heavy atom. The molecular weight excluding hydrogens is 151 g/mol. The molecule has 0 aromatic rings. The molecule has 0 bridgehead atoms. The van der Waals surface area contributed by atoms with E-state index in [1.807, 2.05) is 0 Å². The van der Waals surface area contributed by atoms with Crippen LogP contribution in [-0.4, -0.2) is 50.9 Å². The van der Waals surface area contributed by atoms with Crippen LogP contribution in [-0.2, 0) is 14.1 Å². The van der Waals surface area contributed by atoms with Crippen LogP contribution in [0.4, 0.5) is 0 Å². The van der Waals surface area contributed by atoms with Gasteiger partial charge in [0, 0.05) is 7.11 Å². The van der Waals surface area contributed by atoms with Crippen LogP contribution in [0, 0.1) is 0 Å². The molecule has 0 saturated heterocycles.